The van der Waals surface area contributed by atoms with Gasteiger partial charge in [0.15, 0.2) is 0 Å². The number of hydrogen-bond acceptors (Lipinski definition) is 3. The summed E-state index contributed by atoms with van der Waals surface area (Å²) in [5.41, 5.74) is 4.05. The summed E-state index contributed by atoms with van der Waals surface area (Å²) in [7, 11) is 2.07. The van der Waals surface area contributed by atoms with Crippen molar-refractivity contribution in [1.82, 2.24) is 9.88 Å². The Labute approximate surface area is 173 Å². The van der Waals surface area contributed by atoms with Crippen LogP contribution in [0.4, 0.5) is 10.5 Å². The zero-order valence-electron chi connectivity index (χ0n) is 16.4. The highest BCUT2D eigenvalue weighted by atomic mass is 32.1. The van der Waals surface area contributed by atoms with Gasteiger partial charge in [-0.3, -0.25) is 0 Å². The molecule has 6 heteroatoms. The summed E-state index contributed by atoms with van der Waals surface area (Å²) < 4.78 is 7.78. The van der Waals surface area contributed by atoms with Gasteiger partial charge in [0.05, 0.1) is 22.9 Å². The van der Waals surface area contributed by atoms with Gasteiger partial charge in [-0.1, -0.05) is 36.4 Å². The van der Waals surface area contributed by atoms with E-state index in [9.17, 15) is 4.79 Å². The van der Waals surface area contributed by atoms with Crippen LogP contribution in [0.15, 0.2) is 66.0 Å². The van der Waals surface area contributed by atoms with Crippen LogP contribution in [0.25, 0.3) is 21.5 Å². The number of para-hydroxylation sites is 3. The highest BCUT2D eigenvalue weighted by Gasteiger charge is 2.18. The van der Waals surface area contributed by atoms with Gasteiger partial charge in [-0.2, -0.15) is 0 Å². The van der Waals surface area contributed by atoms with Crippen molar-refractivity contribution in [2.75, 3.05) is 11.9 Å². The van der Waals surface area contributed by atoms with Gasteiger partial charge in [-0.05, 0) is 36.6 Å². The third-order valence-corrected chi connectivity index (χ3v) is 5.70. The molecule has 2 amide bonds. The molecule has 0 bridgehead atoms. The Bertz CT molecular complexity index is 1130. The highest BCUT2D eigenvalue weighted by molar-refractivity contribution is 7.13. The fraction of sp³-hybridized carbons (Fsp3) is 0.174. The van der Waals surface area contributed by atoms with Crippen LogP contribution in [0.5, 0.6) is 5.75 Å². The molecule has 0 saturated heterocycles. The number of aromatic nitrogens is 1. The zero-order chi connectivity index (χ0) is 20.2. The molecule has 2 N–H and O–H groups in total. The van der Waals surface area contributed by atoms with Crippen molar-refractivity contribution in [2.24, 2.45) is 7.05 Å². The number of thiophene rings is 1. The quantitative estimate of drug-likeness (QED) is 0.437. The molecule has 4 aromatic rings. The average molecular weight is 406 g/mol. The number of nitrogens with one attached hydrogen (secondary N) is 2. The molecule has 5 nitrogen and oxygen atoms in total. The van der Waals surface area contributed by atoms with Crippen molar-refractivity contribution in [3.63, 3.8) is 0 Å². The fourth-order valence-corrected chi connectivity index (χ4v) is 4.40. The van der Waals surface area contributed by atoms with Crippen LogP contribution in [0, 0.1) is 0 Å². The Balaban J connectivity index is 1.59. The monoisotopic (exact) mass is 405 g/mol. The Morgan fingerprint density at radius 1 is 1.07 bits per heavy atom. The summed E-state index contributed by atoms with van der Waals surface area (Å²) >= 11 is 1.70. The van der Waals surface area contributed by atoms with Gasteiger partial charge < -0.3 is 19.9 Å². The summed E-state index contributed by atoms with van der Waals surface area (Å²) in [6.07, 6.45) is 0. The molecule has 0 saturated carbocycles. The maximum absolute atomic E-state index is 12.6. The molecule has 4 rings (SSSR count). The van der Waals surface area contributed by atoms with Gasteiger partial charge >= 0.3 is 6.03 Å². The topological polar surface area (TPSA) is 55.3 Å². The molecule has 0 atom stereocenters. The number of urea groups is 1. The first kappa shape index (κ1) is 19.1. The van der Waals surface area contributed by atoms with Crippen molar-refractivity contribution >= 4 is 34.0 Å². The van der Waals surface area contributed by atoms with Crippen molar-refractivity contribution in [2.45, 2.75) is 13.5 Å². The van der Waals surface area contributed by atoms with Gasteiger partial charge in [0.1, 0.15) is 5.75 Å². The number of benzene rings is 2. The summed E-state index contributed by atoms with van der Waals surface area (Å²) in [6, 6.07) is 19.6. The zero-order valence-corrected chi connectivity index (χ0v) is 17.3. The molecular formula is C23H23N3O2S. The van der Waals surface area contributed by atoms with Crippen molar-refractivity contribution in [3.8, 4) is 16.3 Å². The number of amides is 2. The number of ether oxygens (including phenoxy) is 1. The average Bonchev–Trinajstić information content (AvgIpc) is 3.35. The molecule has 0 aliphatic heterocycles. The minimum Gasteiger partial charge on any atom is -0.492 e. The third-order valence-electron chi connectivity index (χ3n) is 4.83. The first-order valence-corrected chi connectivity index (χ1v) is 10.4. The molecule has 0 aliphatic rings. The van der Waals surface area contributed by atoms with Crippen molar-refractivity contribution < 1.29 is 9.53 Å². The fourth-order valence-electron chi connectivity index (χ4n) is 3.56. The van der Waals surface area contributed by atoms with Crippen molar-refractivity contribution in [1.29, 1.82) is 0 Å². The normalized spacial score (nSPS) is 10.8. The Morgan fingerprint density at radius 2 is 1.86 bits per heavy atom. The predicted molar refractivity (Wildman–Crippen MR) is 120 cm³/mol. The second-order valence-electron chi connectivity index (χ2n) is 6.62. The SMILES string of the molecule is CCOc1ccccc1NC(=O)NCc1c(-c2cccs2)n(C)c2ccccc12. The minimum absolute atomic E-state index is 0.262. The molecule has 2 heterocycles. The molecule has 0 aliphatic carbocycles. The number of carbonyl (C=O) groups is 1. The molecule has 0 radical (unpaired) electrons. The van der Waals surface area contributed by atoms with Gasteiger partial charge in [-0.15, -0.1) is 11.3 Å². The lowest BCUT2D eigenvalue weighted by atomic mass is 10.1. The first-order chi connectivity index (χ1) is 14.2. The van der Waals surface area contributed by atoms with Crippen LogP contribution in [-0.4, -0.2) is 17.2 Å². The molecule has 0 spiro atoms. The Kier molecular flexibility index (Phi) is 5.53. The number of rotatable bonds is 6. The Hall–Kier alpha value is -3.25. The second kappa shape index (κ2) is 8.41. The summed E-state index contributed by atoms with van der Waals surface area (Å²) in [6.45, 7) is 2.89. The van der Waals surface area contributed by atoms with E-state index in [-0.39, 0.29) is 6.03 Å². The van der Waals surface area contributed by atoms with Gasteiger partial charge in [0, 0.05) is 30.1 Å². The number of carbonyl (C=O) groups excluding carboxylic acids is 1. The van der Waals surface area contributed by atoms with Crippen LogP contribution in [-0.2, 0) is 13.6 Å². The van der Waals surface area contributed by atoms with Crippen LogP contribution in [0.3, 0.4) is 0 Å². The largest absolute Gasteiger partial charge is 0.492 e. The van der Waals surface area contributed by atoms with Crippen LogP contribution in [0.1, 0.15) is 12.5 Å². The molecule has 148 valence electrons. The first-order valence-electron chi connectivity index (χ1n) is 9.56. The maximum atomic E-state index is 12.6. The van der Waals surface area contributed by atoms with Crippen LogP contribution < -0.4 is 15.4 Å². The van der Waals surface area contributed by atoms with Crippen molar-refractivity contribution in [3.05, 3.63) is 71.6 Å². The maximum Gasteiger partial charge on any atom is 0.319 e. The van der Waals surface area contributed by atoms with E-state index in [0.29, 0.717) is 24.6 Å². The molecule has 29 heavy (non-hydrogen) atoms. The summed E-state index contributed by atoms with van der Waals surface area (Å²) in [5, 5.41) is 9.12. The number of fused-ring (bicyclic) bond motifs is 1. The smallest absolute Gasteiger partial charge is 0.319 e. The number of anilines is 1. The van der Waals surface area contributed by atoms with E-state index in [2.05, 4.69) is 45.8 Å². The van der Waals surface area contributed by atoms with Gasteiger partial charge in [-0.25, -0.2) is 4.79 Å². The standard InChI is InChI=1S/C23H23N3O2S/c1-3-28-20-12-7-5-10-18(20)25-23(27)24-15-17-16-9-4-6-11-19(16)26(2)22(17)21-13-8-14-29-21/h4-14H,3,15H2,1-2H3,(H2,24,25,27). The lowest BCUT2D eigenvalue weighted by molar-refractivity contribution is 0.251. The predicted octanol–water partition coefficient (Wildman–Crippen LogP) is 5.63. The lowest BCUT2D eigenvalue weighted by Gasteiger charge is -2.12. The Morgan fingerprint density at radius 3 is 2.66 bits per heavy atom. The number of nitrogens with zero attached hydrogens (tertiary/aromatic N) is 1. The number of aryl methyl sites for hydroxylation is 1. The van der Waals surface area contributed by atoms with Crippen LogP contribution in [0.2, 0.25) is 0 Å². The lowest BCUT2D eigenvalue weighted by Crippen LogP contribution is -2.28. The molecule has 0 fully saturated rings. The molecule has 2 aromatic carbocycles. The number of hydrogen-bond donors (Lipinski definition) is 2. The molecule has 0 unspecified atom stereocenters. The van der Waals surface area contributed by atoms with E-state index in [4.69, 9.17) is 4.74 Å². The second-order valence-corrected chi connectivity index (χ2v) is 7.57. The molecule has 2 aromatic heterocycles. The molecular weight excluding hydrogens is 382 g/mol. The summed E-state index contributed by atoms with van der Waals surface area (Å²) in [5.74, 6) is 0.662. The van der Waals surface area contributed by atoms with E-state index in [1.807, 2.05) is 49.4 Å². The van der Waals surface area contributed by atoms with Gasteiger partial charge in [0.2, 0.25) is 0 Å². The van der Waals surface area contributed by atoms with E-state index in [1.54, 1.807) is 11.3 Å². The van der Waals surface area contributed by atoms with Crippen LogP contribution >= 0.6 is 11.3 Å². The van der Waals surface area contributed by atoms with Gasteiger partial charge in [0.25, 0.3) is 0 Å². The van der Waals surface area contributed by atoms with E-state index in [1.165, 1.54) is 4.88 Å². The highest BCUT2D eigenvalue weighted by Crippen LogP contribution is 2.35. The minimum atomic E-state index is -0.262. The van der Waals surface area contributed by atoms with E-state index >= 15 is 0 Å². The van der Waals surface area contributed by atoms with E-state index < -0.39 is 0 Å². The van der Waals surface area contributed by atoms with E-state index in [0.717, 1.165) is 22.2 Å². The summed E-state index contributed by atoms with van der Waals surface area (Å²) in [4.78, 5) is 13.8. The third kappa shape index (κ3) is 3.84.